The highest BCUT2D eigenvalue weighted by molar-refractivity contribution is 5.51. The maximum absolute atomic E-state index is 14.0. The molecular weight excluding hydrogens is 227 g/mol. The van der Waals surface area contributed by atoms with Crippen molar-refractivity contribution in [3.8, 4) is 6.07 Å². The first kappa shape index (κ1) is 12.9. The van der Waals surface area contributed by atoms with Gasteiger partial charge in [0.15, 0.2) is 0 Å². The second-order valence-electron chi connectivity index (χ2n) is 5.03. The van der Waals surface area contributed by atoms with Crippen LogP contribution in [0.15, 0.2) is 18.2 Å². The van der Waals surface area contributed by atoms with Crippen molar-refractivity contribution >= 4 is 5.69 Å². The fraction of sp³-hybridized carbons (Fsp3) is 0.533. The lowest BCUT2D eigenvalue weighted by Crippen LogP contribution is -2.31. The average molecular weight is 246 g/mol. The van der Waals surface area contributed by atoms with Crippen molar-refractivity contribution < 1.29 is 4.39 Å². The minimum atomic E-state index is -0.291. The summed E-state index contributed by atoms with van der Waals surface area (Å²) in [6.07, 6.45) is 7.31. The van der Waals surface area contributed by atoms with Gasteiger partial charge in [-0.3, -0.25) is 0 Å². The van der Waals surface area contributed by atoms with E-state index in [4.69, 9.17) is 5.26 Å². The number of rotatable bonds is 2. The van der Waals surface area contributed by atoms with Gasteiger partial charge in [-0.2, -0.15) is 5.26 Å². The summed E-state index contributed by atoms with van der Waals surface area (Å²) in [5, 5.41) is 8.75. The van der Waals surface area contributed by atoms with Gasteiger partial charge in [0.25, 0.3) is 0 Å². The second-order valence-corrected chi connectivity index (χ2v) is 5.03. The van der Waals surface area contributed by atoms with Crippen molar-refractivity contribution in [2.45, 2.75) is 44.6 Å². The highest BCUT2D eigenvalue weighted by Crippen LogP contribution is 2.27. The molecule has 2 nitrogen and oxygen atoms in total. The molecule has 1 aromatic carbocycles. The molecule has 0 amide bonds. The van der Waals surface area contributed by atoms with Crippen LogP contribution >= 0.6 is 0 Å². The van der Waals surface area contributed by atoms with Crippen LogP contribution in [0.5, 0.6) is 0 Å². The summed E-state index contributed by atoms with van der Waals surface area (Å²) in [5.41, 5.74) is 0.992. The van der Waals surface area contributed by atoms with Gasteiger partial charge in [0.05, 0.1) is 17.3 Å². The van der Waals surface area contributed by atoms with E-state index >= 15 is 0 Å². The number of hydrogen-bond donors (Lipinski definition) is 0. The number of halogens is 1. The molecule has 1 aromatic rings. The van der Waals surface area contributed by atoms with Crippen LogP contribution in [0.4, 0.5) is 10.1 Å². The molecule has 0 N–H and O–H groups in total. The first-order chi connectivity index (χ1) is 8.72. The smallest absolute Gasteiger partial charge is 0.147 e. The molecule has 0 saturated heterocycles. The van der Waals surface area contributed by atoms with Crippen molar-refractivity contribution in [2.24, 2.45) is 0 Å². The van der Waals surface area contributed by atoms with Crippen LogP contribution in [-0.2, 0) is 0 Å². The maximum Gasteiger partial charge on any atom is 0.147 e. The number of benzene rings is 1. The van der Waals surface area contributed by atoms with Crippen LogP contribution in [-0.4, -0.2) is 13.1 Å². The number of anilines is 1. The topological polar surface area (TPSA) is 27.0 Å². The van der Waals surface area contributed by atoms with Gasteiger partial charge >= 0.3 is 0 Å². The Morgan fingerprint density at radius 2 is 1.89 bits per heavy atom. The first-order valence-electron chi connectivity index (χ1n) is 6.65. The lowest BCUT2D eigenvalue weighted by atomic mass is 10.1. The van der Waals surface area contributed by atoms with E-state index in [1.54, 1.807) is 12.1 Å². The van der Waals surface area contributed by atoms with Crippen LogP contribution in [0.3, 0.4) is 0 Å². The molecule has 0 aliphatic heterocycles. The quantitative estimate of drug-likeness (QED) is 0.741. The van der Waals surface area contributed by atoms with Crippen LogP contribution < -0.4 is 4.90 Å². The van der Waals surface area contributed by atoms with Crippen molar-refractivity contribution in [3.05, 3.63) is 29.6 Å². The Kier molecular flexibility index (Phi) is 4.19. The van der Waals surface area contributed by atoms with Gasteiger partial charge in [-0.1, -0.05) is 25.7 Å². The van der Waals surface area contributed by atoms with Crippen LogP contribution in [0.25, 0.3) is 0 Å². The molecular formula is C15H19FN2. The van der Waals surface area contributed by atoms with E-state index < -0.39 is 0 Å². The molecule has 1 aliphatic rings. The zero-order chi connectivity index (χ0) is 13.0. The molecule has 2 rings (SSSR count). The highest BCUT2D eigenvalue weighted by atomic mass is 19.1. The zero-order valence-corrected chi connectivity index (χ0v) is 10.8. The van der Waals surface area contributed by atoms with Crippen molar-refractivity contribution in [1.82, 2.24) is 0 Å². The predicted octanol–water partition coefficient (Wildman–Crippen LogP) is 3.86. The monoisotopic (exact) mass is 246 g/mol. The van der Waals surface area contributed by atoms with Crippen LogP contribution in [0.1, 0.15) is 44.1 Å². The maximum atomic E-state index is 14.0. The molecule has 1 aliphatic carbocycles. The summed E-state index contributed by atoms with van der Waals surface area (Å²) in [6, 6.07) is 7.12. The molecule has 0 heterocycles. The van der Waals surface area contributed by atoms with Gasteiger partial charge in [-0.25, -0.2) is 4.39 Å². The zero-order valence-electron chi connectivity index (χ0n) is 10.8. The third kappa shape index (κ3) is 2.81. The van der Waals surface area contributed by atoms with Crippen LogP contribution in [0.2, 0.25) is 0 Å². The van der Waals surface area contributed by atoms with E-state index in [-0.39, 0.29) is 5.82 Å². The van der Waals surface area contributed by atoms with Gasteiger partial charge in [0.2, 0.25) is 0 Å². The molecule has 0 unspecified atom stereocenters. The molecule has 1 fully saturated rings. The largest absolute Gasteiger partial charge is 0.369 e. The molecule has 96 valence electrons. The van der Waals surface area contributed by atoms with Crippen molar-refractivity contribution in [1.29, 1.82) is 5.26 Å². The molecule has 0 aromatic heterocycles. The Morgan fingerprint density at radius 3 is 2.44 bits per heavy atom. The molecule has 0 bridgehead atoms. The lowest BCUT2D eigenvalue weighted by Gasteiger charge is -2.29. The van der Waals surface area contributed by atoms with Gasteiger partial charge < -0.3 is 4.90 Å². The minimum absolute atomic E-state index is 0.291. The fourth-order valence-electron chi connectivity index (χ4n) is 2.70. The summed E-state index contributed by atoms with van der Waals surface area (Å²) < 4.78 is 14.0. The predicted molar refractivity (Wildman–Crippen MR) is 71.0 cm³/mol. The van der Waals surface area contributed by atoms with E-state index in [1.807, 2.05) is 18.0 Å². The van der Waals surface area contributed by atoms with Crippen molar-refractivity contribution in [2.75, 3.05) is 11.9 Å². The summed E-state index contributed by atoms with van der Waals surface area (Å²) in [5.74, 6) is -0.291. The molecule has 3 heteroatoms. The second kappa shape index (κ2) is 5.86. The molecule has 0 atom stereocenters. The van der Waals surface area contributed by atoms with Crippen molar-refractivity contribution in [3.63, 3.8) is 0 Å². The first-order valence-corrected chi connectivity index (χ1v) is 6.65. The van der Waals surface area contributed by atoms with E-state index in [9.17, 15) is 4.39 Å². The minimum Gasteiger partial charge on any atom is -0.369 e. The van der Waals surface area contributed by atoms with Gasteiger partial charge in [0, 0.05) is 13.1 Å². The van der Waals surface area contributed by atoms with Gasteiger partial charge in [-0.05, 0) is 31.0 Å². The van der Waals surface area contributed by atoms with Gasteiger partial charge in [0.1, 0.15) is 5.82 Å². The Hall–Kier alpha value is -1.56. The Morgan fingerprint density at radius 1 is 1.22 bits per heavy atom. The highest BCUT2D eigenvalue weighted by Gasteiger charge is 2.19. The SMILES string of the molecule is CN(c1ccc(C#N)cc1F)C1CCCCCC1. The number of nitrogens with zero attached hydrogens (tertiary/aromatic N) is 2. The van der Waals surface area contributed by atoms with Gasteiger partial charge in [-0.15, -0.1) is 0 Å². The molecule has 0 radical (unpaired) electrons. The summed E-state index contributed by atoms with van der Waals surface area (Å²) in [7, 11) is 1.96. The Bertz CT molecular complexity index is 442. The van der Waals surface area contributed by atoms with E-state index in [0.29, 0.717) is 17.3 Å². The average Bonchev–Trinajstić information content (AvgIpc) is 2.66. The molecule has 0 spiro atoms. The third-order valence-corrected chi connectivity index (χ3v) is 3.83. The number of hydrogen-bond acceptors (Lipinski definition) is 2. The van der Waals surface area contributed by atoms with E-state index in [0.717, 1.165) is 12.8 Å². The third-order valence-electron chi connectivity index (χ3n) is 3.83. The van der Waals surface area contributed by atoms with E-state index in [2.05, 4.69) is 0 Å². The fourth-order valence-corrected chi connectivity index (χ4v) is 2.70. The normalized spacial score (nSPS) is 16.9. The Balaban J connectivity index is 2.17. The summed E-state index contributed by atoms with van der Waals surface area (Å²) in [4.78, 5) is 2.04. The lowest BCUT2D eigenvalue weighted by molar-refractivity contribution is 0.538. The Labute approximate surface area is 108 Å². The molecule has 18 heavy (non-hydrogen) atoms. The van der Waals surface area contributed by atoms with Crippen LogP contribution in [0, 0.1) is 17.1 Å². The molecule has 1 saturated carbocycles. The van der Waals surface area contributed by atoms with E-state index in [1.165, 1.54) is 31.7 Å². The summed E-state index contributed by atoms with van der Waals surface area (Å²) >= 11 is 0. The number of nitriles is 1. The standard InChI is InChI=1S/C15H19FN2/c1-18(13-6-4-2-3-5-7-13)15-9-8-12(11-17)10-14(15)16/h8-10,13H,2-7H2,1H3. The summed E-state index contributed by atoms with van der Waals surface area (Å²) in [6.45, 7) is 0.